The molecule has 0 bridgehead atoms. The molecule has 0 spiro atoms. The first-order chi connectivity index (χ1) is 15.8. The molecule has 2 amide bonds. The lowest BCUT2D eigenvalue weighted by atomic mass is 10.0. The molecule has 9 nitrogen and oxygen atoms in total. The molecular weight excluding hydrogens is 428 g/mol. The molecule has 1 fully saturated rings. The van der Waals surface area contributed by atoms with Crippen molar-refractivity contribution in [2.24, 2.45) is 0 Å². The molecule has 0 unspecified atom stereocenters. The van der Waals surface area contributed by atoms with Crippen LogP contribution in [0.1, 0.15) is 32.0 Å². The first kappa shape index (κ1) is 21.6. The van der Waals surface area contributed by atoms with E-state index in [1.165, 1.54) is 49.6 Å². The summed E-state index contributed by atoms with van der Waals surface area (Å²) < 4.78 is 10.4. The fourth-order valence-electron chi connectivity index (χ4n) is 3.34. The number of benzene rings is 2. The fraction of sp³-hybridized carbons (Fsp3) is 0.0833. The van der Waals surface area contributed by atoms with Gasteiger partial charge in [-0.25, -0.2) is 14.6 Å². The van der Waals surface area contributed by atoms with Gasteiger partial charge < -0.3 is 14.3 Å². The molecule has 1 aromatic heterocycles. The second kappa shape index (κ2) is 8.46. The summed E-state index contributed by atoms with van der Waals surface area (Å²) in [6.07, 6.45) is 1.32. The summed E-state index contributed by atoms with van der Waals surface area (Å²) in [5, 5.41) is 10.3. The summed E-state index contributed by atoms with van der Waals surface area (Å²) in [5.41, 5.74) is 4.53. The maximum atomic E-state index is 12.8. The summed E-state index contributed by atoms with van der Waals surface area (Å²) in [5.74, 6) is -2.11. The number of carbonyl (C=O) groups excluding carboxylic acids is 3. The molecule has 1 aliphatic heterocycles. The maximum Gasteiger partial charge on any atom is 0.337 e. The lowest BCUT2D eigenvalue weighted by Gasteiger charge is -2.14. The van der Waals surface area contributed by atoms with E-state index >= 15 is 0 Å². The molecule has 0 saturated carbocycles. The van der Waals surface area contributed by atoms with Gasteiger partial charge in [-0.2, -0.15) is 0 Å². The summed E-state index contributed by atoms with van der Waals surface area (Å²) in [6.45, 7) is 1.82. The predicted molar refractivity (Wildman–Crippen MR) is 117 cm³/mol. The summed E-state index contributed by atoms with van der Waals surface area (Å²) >= 11 is 0. The minimum Gasteiger partial charge on any atom is -0.478 e. The van der Waals surface area contributed by atoms with E-state index in [2.05, 4.69) is 10.2 Å². The standard InChI is InChI=1S/C24H18N2O7/c1-13-3-4-15(23(29)30)11-18(13)20-10-9-17(33-20)12-19-21(27)25-26(22(19)28)16-7-5-14(6-8-16)24(31)32-2/h3-12H,1-2H3,(H,25,27)(H,29,30)/b19-12+. The number of carbonyl (C=O) groups is 4. The predicted octanol–water partition coefficient (Wildman–Crippen LogP) is 3.20. The minimum atomic E-state index is -1.06. The number of aromatic carboxylic acids is 1. The first-order valence-electron chi connectivity index (χ1n) is 9.78. The number of carboxylic acid groups (broad SMARTS) is 1. The van der Waals surface area contributed by atoms with Gasteiger partial charge in [-0.3, -0.25) is 15.0 Å². The van der Waals surface area contributed by atoms with Crippen molar-refractivity contribution in [2.45, 2.75) is 6.92 Å². The third-order valence-corrected chi connectivity index (χ3v) is 5.10. The van der Waals surface area contributed by atoms with Gasteiger partial charge >= 0.3 is 11.9 Å². The number of methoxy groups -OCH3 is 1. The molecule has 33 heavy (non-hydrogen) atoms. The Morgan fingerprint density at radius 2 is 1.73 bits per heavy atom. The first-order valence-corrected chi connectivity index (χ1v) is 9.78. The number of nitrogens with one attached hydrogen (secondary N) is 1. The second-order valence-electron chi connectivity index (χ2n) is 7.21. The van der Waals surface area contributed by atoms with Crippen LogP contribution in [0.3, 0.4) is 0 Å². The lowest BCUT2D eigenvalue weighted by molar-refractivity contribution is -0.117. The van der Waals surface area contributed by atoms with Gasteiger partial charge in [0.25, 0.3) is 11.8 Å². The Morgan fingerprint density at radius 3 is 2.39 bits per heavy atom. The highest BCUT2D eigenvalue weighted by atomic mass is 16.5. The van der Waals surface area contributed by atoms with Gasteiger partial charge in [0.1, 0.15) is 17.1 Å². The van der Waals surface area contributed by atoms with Crippen molar-refractivity contribution in [1.29, 1.82) is 0 Å². The Balaban J connectivity index is 1.59. The van der Waals surface area contributed by atoms with Crippen molar-refractivity contribution in [2.75, 3.05) is 12.1 Å². The minimum absolute atomic E-state index is 0.117. The maximum absolute atomic E-state index is 12.8. The molecule has 9 heteroatoms. The Hall–Kier alpha value is -4.66. The molecule has 2 N–H and O–H groups in total. The van der Waals surface area contributed by atoms with Gasteiger partial charge in [-0.05, 0) is 67.1 Å². The van der Waals surface area contributed by atoms with Crippen LogP contribution in [0.25, 0.3) is 17.4 Å². The molecule has 2 aromatic carbocycles. The Labute approximate surface area is 187 Å². The summed E-state index contributed by atoms with van der Waals surface area (Å²) in [4.78, 5) is 48.1. The zero-order chi connectivity index (χ0) is 23.7. The van der Waals surface area contributed by atoms with Gasteiger partial charge in [-0.15, -0.1) is 0 Å². The van der Waals surface area contributed by atoms with Crippen LogP contribution in [0.5, 0.6) is 0 Å². The van der Waals surface area contributed by atoms with E-state index < -0.39 is 23.8 Å². The van der Waals surface area contributed by atoms with Crippen LogP contribution in [-0.4, -0.2) is 36.0 Å². The third kappa shape index (κ3) is 4.11. The zero-order valence-electron chi connectivity index (χ0n) is 17.6. The van der Waals surface area contributed by atoms with Crippen LogP contribution in [0.15, 0.2) is 64.6 Å². The number of aryl methyl sites for hydroxylation is 1. The Morgan fingerprint density at radius 1 is 1.03 bits per heavy atom. The van der Waals surface area contributed by atoms with E-state index in [-0.39, 0.29) is 16.9 Å². The van der Waals surface area contributed by atoms with E-state index in [1.807, 2.05) is 6.92 Å². The Kier molecular flexibility index (Phi) is 5.53. The van der Waals surface area contributed by atoms with Crippen molar-refractivity contribution < 1.29 is 33.4 Å². The number of anilines is 1. The third-order valence-electron chi connectivity index (χ3n) is 5.10. The van der Waals surface area contributed by atoms with Crippen LogP contribution in [0.2, 0.25) is 0 Å². The highest BCUT2D eigenvalue weighted by molar-refractivity contribution is 6.31. The van der Waals surface area contributed by atoms with Crippen LogP contribution in [-0.2, 0) is 14.3 Å². The molecule has 2 heterocycles. The summed E-state index contributed by atoms with van der Waals surface area (Å²) in [6, 6.07) is 13.9. The molecule has 0 atom stereocenters. The molecule has 1 aliphatic rings. The molecule has 3 aromatic rings. The average molecular weight is 446 g/mol. The number of furan rings is 1. The van der Waals surface area contributed by atoms with Gasteiger partial charge in [0.2, 0.25) is 0 Å². The number of hydrogen-bond donors (Lipinski definition) is 2. The Bertz CT molecular complexity index is 1320. The van der Waals surface area contributed by atoms with Crippen molar-refractivity contribution in [1.82, 2.24) is 5.43 Å². The highest BCUT2D eigenvalue weighted by Gasteiger charge is 2.34. The molecular formula is C24H18N2O7. The number of hydrogen-bond acceptors (Lipinski definition) is 6. The normalized spacial score (nSPS) is 14.5. The highest BCUT2D eigenvalue weighted by Crippen LogP contribution is 2.29. The van der Waals surface area contributed by atoms with Gasteiger partial charge in [0.05, 0.1) is 23.9 Å². The van der Waals surface area contributed by atoms with Crippen LogP contribution in [0, 0.1) is 6.92 Å². The average Bonchev–Trinajstić information content (AvgIpc) is 3.39. The monoisotopic (exact) mass is 446 g/mol. The van der Waals surface area contributed by atoms with Crippen molar-refractivity contribution in [3.8, 4) is 11.3 Å². The molecule has 0 radical (unpaired) electrons. The van der Waals surface area contributed by atoms with E-state index in [9.17, 15) is 24.3 Å². The number of amides is 2. The molecule has 4 rings (SSSR count). The number of nitrogens with zero attached hydrogens (tertiary/aromatic N) is 1. The summed E-state index contributed by atoms with van der Waals surface area (Å²) in [7, 11) is 1.27. The second-order valence-corrected chi connectivity index (χ2v) is 7.21. The zero-order valence-corrected chi connectivity index (χ0v) is 17.6. The number of hydrazine groups is 1. The van der Waals surface area contributed by atoms with Gasteiger partial charge in [-0.1, -0.05) is 6.07 Å². The van der Waals surface area contributed by atoms with E-state index in [0.29, 0.717) is 22.6 Å². The van der Waals surface area contributed by atoms with Crippen LogP contribution >= 0.6 is 0 Å². The van der Waals surface area contributed by atoms with Crippen LogP contribution < -0.4 is 10.4 Å². The van der Waals surface area contributed by atoms with Crippen LogP contribution in [0.4, 0.5) is 5.69 Å². The number of ether oxygens (including phenoxy) is 1. The number of rotatable bonds is 5. The van der Waals surface area contributed by atoms with Crippen molar-refractivity contribution in [3.63, 3.8) is 0 Å². The lowest BCUT2D eigenvalue weighted by Crippen LogP contribution is -2.35. The molecule has 0 aliphatic carbocycles. The SMILES string of the molecule is COC(=O)c1ccc(N2NC(=O)/C(=C\c3ccc(-c4cc(C(=O)O)ccc4C)o3)C2=O)cc1. The van der Waals surface area contributed by atoms with E-state index in [4.69, 9.17) is 4.42 Å². The van der Waals surface area contributed by atoms with Crippen molar-refractivity contribution >= 4 is 35.5 Å². The number of esters is 1. The van der Waals surface area contributed by atoms with E-state index in [0.717, 1.165) is 10.6 Å². The van der Waals surface area contributed by atoms with Gasteiger partial charge in [0.15, 0.2) is 0 Å². The van der Waals surface area contributed by atoms with Crippen molar-refractivity contribution in [3.05, 3.63) is 82.6 Å². The topological polar surface area (TPSA) is 126 Å². The number of carboxylic acids is 1. The smallest absolute Gasteiger partial charge is 0.337 e. The largest absolute Gasteiger partial charge is 0.478 e. The fourth-order valence-corrected chi connectivity index (χ4v) is 3.34. The molecule has 1 saturated heterocycles. The quantitative estimate of drug-likeness (QED) is 0.350. The van der Waals surface area contributed by atoms with E-state index in [1.54, 1.807) is 18.2 Å². The molecule has 166 valence electrons. The van der Waals surface area contributed by atoms with Gasteiger partial charge in [0, 0.05) is 5.56 Å².